The molecular formula is C15H14FN3O2. The molecule has 2 aromatic rings. The van der Waals surface area contributed by atoms with Crippen LogP contribution in [0.25, 0.3) is 0 Å². The highest BCUT2D eigenvalue weighted by molar-refractivity contribution is 5.71. The number of carboxylic acids is 1. The van der Waals surface area contributed by atoms with Crippen LogP contribution in [0.3, 0.4) is 0 Å². The first-order chi connectivity index (χ1) is 9.92. The lowest BCUT2D eigenvalue weighted by Gasteiger charge is -2.07. The molecule has 0 unspecified atom stereocenters. The summed E-state index contributed by atoms with van der Waals surface area (Å²) in [6.45, 7) is 3.83. The van der Waals surface area contributed by atoms with Crippen LogP contribution >= 0.6 is 0 Å². The number of benzene rings is 1. The molecule has 0 aliphatic heterocycles. The molecule has 0 fully saturated rings. The van der Waals surface area contributed by atoms with Gasteiger partial charge in [0.2, 0.25) is 0 Å². The molecule has 1 aromatic carbocycles. The van der Waals surface area contributed by atoms with Crippen molar-refractivity contribution in [2.45, 2.75) is 26.8 Å². The Morgan fingerprint density at radius 2 is 2.19 bits per heavy atom. The van der Waals surface area contributed by atoms with Crippen molar-refractivity contribution in [3.8, 4) is 6.07 Å². The number of aromatic nitrogens is 2. The third-order valence-corrected chi connectivity index (χ3v) is 3.37. The summed E-state index contributed by atoms with van der Waals surface area (Å²) in [5, 5.41) is 22.3. The molecule has 0 radical (unpaired) electrons. The lowest BCUT2D eigenvalue weighted by Crippen LogP contribution is -2.07. The third-order valence-electron chi connectivity index (χ3n) is 3.37. The number of nitrogens with zero attached hydrogens (tertiary/aromatic N) is 3. The number of carbonyl (C=O) groups is 1. The maximum atomic E-state index is 13.1. The Kier molecular flexibility index (Phi) is 4.03. The molecule has 0 bridgehead atoms. The van der Waals surface area contributed by atoms with Crippen LogP contribution < -0.4 is 0 Å². The second kappa shape index (κ2) is 5.75. The van der Waals surface area contributed by atoms with E-state index < -0.39 is 11.8 Å². The Bertz CT molecular complexity index is 744. The highest BCUT2D eigenvalue weighted by Gasteiger charge is 2.15. The van der Waals surface area contributed by atoms with Gasteiger partial charge in [0.1, 0.15) is 5.82 Å². The van der Waals surface area contributed by atoms with E-state index in [2.05, 4.69) is 5.10 Å². The Morgan fingerprint density at radius 1 is 1.48 bits per heavy atom. The second-order valence-electron chi connectivity index (χ2n) is 4.79. The van der Waals surface area contributed by atoms with E-state index in [0.29, 0.717) is 23.4 Å². The van der Waals surface area contributed by atoms with Gasteiger partial charge in [-0.05, 0) is 31.5 Å². The standard InChI is InChI=1S/C15H14FN3O2/c1-9-14(6-15(20)21)10(2)19(18-9)8-11-3-4-13(16)5-12(11)7-17/h3-5H,6,8H2,1-2H3,(H,20,21). The smallest absolute Gasteiger partial charge is 0.307 e. The van der Waals surface area contributed by atoms with Gasteiger partial charge in [-0.1, -0.05) is 6.07 Å². The Labute approximate surface area is 121 Å². The van der Waals surface area contributed by atoms with Crippen molar-refractivity contribution in [3.63, 3.8) is 0 Å². The van der Waals surface area contributed by atoms with Crippen LogP contribution in [0.4, 0.5) is 4.39 Å². The van der Waals surface area contributed by atoms with Crippen molar-refractivity contribution in [3.05, 3.63) is 52.1 Å². The van der Waals surface area contributed by atoms with Gasteiger partial charge in [-0.3, -0.25) is 9.48 Å². The van der Waals surface area contributed by atoms with Gasteiger partial charge >= 0.3 is 5.97 Å². The highest BCUT2D eigenvalue weighted by Crippen LogP contribution is 2.17. The molecule has 2 rings (SSSR count). The molecule has 0 saturated heterocycles. The third kappa shape index (κ3) is 3.08. The molecule has 108 valence electrons. The van der Waals surface area contributed by atoms with Crippen LogP contribution in [0.15, 0.2) is 18.2 Å². The molecule has 1 N–H and O–H groups in total. The fourth-order valence-electron chi connectivity index (χ4n) is 2.25. The van der Waals surface area contributed by atoms with Crippen molar-refractivity contribution in [2.24, 2.45) is 0 Å². The van der Waals surface area contributed by atoms with Crippen LogP contribution in [-0.4, -0.2) is 20.9 Å². The summed E-state index contributed by atoms with van der Waals surface area (Å²) in [5.74, 6) is -1.38. The molecule has 0 aliphatic carbocycles. The topological polar surface area (TPSA) is 78.9 Å². The van der Waals surface area contributed by atoms with E-state index in [1.54, 1.807) is 24.6 Å². The number of nitriles is 1. The zero-order chi connectivity index (χ0) is 15.6. The van der Waals surface area contributed by atoms with Crippen LogP contribution in [0.1, 0.15) is 28.1 Å². The lowest BCUT2D eigenvalue weighted by atomic mass is 10.1. The van der Waals surface area contributed by atoms with Gasteiger partial charge in [0, 0.05) is 11.3 Å². The summed E-state index contributed by atoms with van der Waals surface area (Å²) < 4.78 is 14.8. The van der Waals surface area contributed by atoms with Gasteiger partial charge in [0.25, 0.3) is 0 Å². The maximum absolute atomic E-state index is 13.1. The molecule has 0 amide bonds. The summed E-state index contributed by atoms with van der Waals surface area (Å²) in [6.07, 6.45) is -0.0911. The molecule has 1 aromatic heterocycles. The van der Waals surface area contributed by atoms with Gasteiger partial charge in [-0.2, -0.15) is 10.4 Å². The minimum absolute atomic E-state index is 0.0911. The molecule has 6 heteroatoms. The second-order valence-corrected chi connectivity index (χ2v) is 4.79. The summed E-state index contributed by atoms with van der Waals surface area (Å²) in [4.78, 5) is 10.9. The van der Waals surface area contributed by atoms with E-state index in [-0.39, 0.29) is 12.0 Å². The number of carboxylic acid groups (broad SMARTS) is 1. The molecule has 1 heterocycles. The summed E-state index contributed by atoms with van der Waals surface area (Å²) in [5.41, 5.74) is 2.95. The minimum Gasteiger partial charge on any atom is -0.481 e. The Balaban J connectivity index is 2.37. The first-order valence-corrected chi connectivity index (χ1v) is 6.35. The van der Waals surface area contributed by atoms with Gasteiger partial charge in [-0.25, -0.2) is 4.39 Å². The van der Waals surface area contributed by atoms with Crippen molar-refractivity contribution in [2.75, 3.05) is 0 Å². The molecule has 21 heavy (non-hydrogen) atoms. The quantitative estimate of drug-likeness (QED) is 0.934. The number of aliphatic carboxylic acids is 1. The zero-order valence-corrected chi connectivity index (χ0v) is 11.7. The number of hydrogen-bond donors (Lipinski definition) is 1. The summed E-state index contributed by atoms with van der Waals surface area (Å²) in [7, 11) is 0. The SMILES string of the molecule is Cc1nn(Cc2ccc(F)cc2C#N)c(C)c1CC(=O)O. The predicted molar refractivity (Wildman–Crippen MR) is 73.3 cm³/mol. The van der Waals surface area contributed by atoms with Crippen LogP contribution in [0.2, 0.25) is 0 Å². The van der Waals surface area contributed by atoms with Crippen molar-refractivity contribution in [1.82, 2.24) is 9.78 Å². The molecular weight excluding hydrogens is 273 g/mol. The first-order valence-electron chi connectivity index (χ1n) is 6.35. The largest absolute Gasteiger partial charge is 0.481 e. The van der Waals surface area contributed by atoms with Crippen molar-refractivity contribution < 1.29 is 14.3 Å². The van der Waals surface area contributed by atoms with Crippen LogP contribution in [0, 0.1) is 31.0 Å². The number of rotatable bonds is 4. The normalized spacial score (nSPS) is 10.4. The molecule has 0 saturated carbocycles. The number of hydrogen-bond acceptors (Lipinski definition) is 3. The first kappa shape index (κ1) is 14.7. The average Bonchev–Trinajstić information content (AvgIpc) is 2.68. The Hall–Kier alpha value is -2.68. The van der Waals surface area contributed by atoms with Gasteiger partial charge in [0.05, 0.1) is 30.3 Å². The maximum Gasteiger partial charge on any atom is 0.307 e. The molecule has 0 atom stereocenters. The fraction of sp³-hybridized carbons (Fsp3) is 0.267. The van der Waals surface area contributed by atoms with Crippen molar-refractivity contribution >= 4 is 5.97 Å². The van der Waals surface area contributed by atoms with Gasteiger partial charge in [0.15, 0.2) is 0 Å². The zero-order valence-electron chi connectivity index (χ0n) is 11.7. The van der Waals surface area contributed by atoms with E-state index in [1.165, 1.54) is 12.1 Å². The van der Waals surface area contributed by atoms with Crippen LogP contribution in [0.5, 0.6) is 0 Å². The van der Waals surface area contributed by atoms with Crippen molar-refractivity contribution in [1.29, 1.82) is 5.26 Å². The molecule has 0 aliphatic rings. The fourth-order valence-corrected chi connectivity index (χ4v) is 2.25. The Morgan fingerprint density at radius 3 is 2.81 bits per heavy atom. The monoisotopic (exact) mass is 287 g/mol. The van der Waals surface area contributed by atoms with Crippen LogP contribution in [-0.2, 0) is 17.8 Å². The van der Waals surface area contributed by atoms with E-state index in [0.717, 1.165) is 5.69 Å². The van der Waals surface area contributed by atoms with E-state index in [1.807, 2.05) is 6.07 Å². The number of halogens is 1. The van der Waals surface area contributed by atoms with E-state index >= 15 is 0 Å². The van der Waals surface area contributed by atoms with Gasteiger partial charge < -0.3 is 5.11 Å². The molecule has 0 spiro atoms. The summed E-state index contributed by atoms with van der Waals surface area (Å²) >= 11 is 0. The van der Waals surface area contributed by atoms with E-state index in [4.69, 9.17) is 10.4 Å². The number of aryl methyl sites for hydroxylation is 1. The molecule has 5 nitrogen and oxygen atoms in total. The van der Waals surface area contributed by atoms with Gasteiger partial charge in [-0.15, -0.1) is 0 Å². The average molecular weight is 287 g/mol. The predicted octanol–water partition coefficient (Wildman–Crippen LogP) is 2.19. The minimum atomic E-state index is -0.916. The lowest BCUT2D eigenvalue weighted by molar-refractivity contribution is -0.136. The highest BCUT2D eigenvalue weighted by atomic mass is 19.1. The van der Waals surface area contributed by atoms with E-state index in [9.17, 15) is 9.18 Å². The summed E-state index contributed by atoms with van der Waals surface area (Å²) in [6, 6.07) is 5.97.